The average Bonchev–Trinajstić information content (AvgIpc) is 1.35. The molecular weight excluding hydrogens is 80.0 g/mol. The predicted octanol–water partition coefficient (Wildman–Crippen LogP) is 0.00260. The summed E-state index contributed by atoms with van der Waals surface area (Å²) in [5.74, 6) is 4.45. The van der Waals surface area contributed by atoms with Crippen molar-refractivity contribution in [2.45, 2.75) is 0 Å². The van der Waals surface area contributed by atoms with E-state index in [1.165, 1.54) is 0 Å². The molecule has 0 aliphatic rings. The van der Waals surface area contributed by atoms with Crippen LogP contribution in [0.1, 0.15) is 0 Å². The van der Waals surface area contributed by atoms with Gasteiger partial charge in [0.1, 0.15) is 5.76 Å². The summed E-state index contributed by atoms with van der Waals surface area (Å²) in [4.78, 5) is 0. The minimum absolute atomic E-state index is 0.127. The van der Waals surface area contributed by atoms with Crippen LogP contribution in [0, 0.1) is 0 Å². The van der Waals surface area contributed by atoms with Gasteiger partial charge in [0.2, 0.25) is 0 Å². The molecular formula is C3H6N2O. The number of hydrazone groups is 1. The Morgan fingerprint density at radius 1 is 2.00 bits per heavy atom. The van der Waals surface area contributed by atoms with Crippen LogP contribution < -0.4 is 5.84 Å². The van der Waals surface area contributed by atoms with Crippen LogP contribution in [0.3, 0.4) is 0 Å². The van der Waals surface area contributed by atoms with Gasteiger partial charge < -0.3 is 10.9 Å². The molecule has 0 fully saturated rings. The second kappa shape index (κ2) is 2.26. The number of hydrogen-bond donors (Lipinski definition) is 2. The van der Waals surface area contributed by atoms with Gasteiger partial charge in [-0.2, -0.15) is 5.10 Å². The summed E-state index contributed by atoms with van der Waals surface area (Å²) in [6, 6.07) is 0. The summed E-state index contributed by atoms with van der Waals surface area (Å²) in [6.07, 6.45) is 1.06. The molecule has 0 amide bonds. The van der Waals surface area contributed by atoms with E-state index in [1.807, 2.05) is 0 Å². The van der Waals surface area contributed by atoms with Gasteiger partial charge in [0.25, 0.3) is 0 Å². The van der Waals surface area contributed by atoms with Crippen molar-refractivity contribution in [3.8, 4) is 0 Å². The summed E-state index contributed by atoms with van der Waals surface area (Å²) in [5.41, 5.74) is 0. The van der Waals surface area contributed by atoms with Crippen molar-refractivity contribution in [3.63, 3.8) is 0 Å². The van der Waals surface area contributed by atoms with Crippen LogP contribution in [0.2, 0.25) is 0 Å². The third kappa shape index (κ3) is 3.01. The Morgan fingerprint density at radius 3 is 2.50 bits per heavy atom. The lowest BCUT2D eigenvalue weighted by molar-refractivity contribution is 0.449. The van der Waals surface area contributed by atoms with E-state index in [4.69, 9.17) is 5.11 Å². The number of allylic oxidation sites excluding steroid dienone is 1. The standard InChI is InChI=1S/C3H6N2O/c1-3(6)2-5-4/h2,6H,1,4H2/b5-2+. The Morgan fingerprint density at radius 2 is 2.50 bits per heavy atom. The zero-order chi connectivity index (χ0) is 4.99. The number of hydrogen-bond acceptors (Lipinski definition) is 3. The topological polar surface area (TPSA) is 58.6 Å². The molecule has 0 atom stereocenters. The lowest BCUT2D eigenvalue weighted by atomic mass is 10.6. The quantitative estimate of drug-likeness (QED) is 0.204. The van der Waals surface area contributed by atoms with Crippen molar-refractivity contribution < 1.29 is 5.11 Å². The summed E-state index contributed by atoms with van der Waals surface area (Å²) in [7, 11) is 0. The van der Waals surface area contributed by atoms with Gasteiger partial charge in [-0.05, 0) is 0 Å². The molecule has 0 bridgehead atoms. The maximum atomic E-state index is 8.13. The minimum atomic E-state index is -0.127. The van der Waals surface area contributed by atoms with E-state index in [1.54, 1.807) is 0 Å². The average molecular weight is 86.1 g/mol. The van der Waals surface area contributed by atoms with Crippen molar-refractivity contribution in [2.24, 2.45) is 10.9 Å². The summed E-state index contributed by atoms with van der Waals surface area (Å²) < 4.78 is 0. The zero-order valence-electron chi connectivity index (χ0n) is 3.26. The number of nitrogens with zero attached hydrogens (tertiary/aromatic N) is 1. The first-order valence-corrected chi connectivity index (χ1v) is 1.38. The Bertz CT molecular complexity index is 76.9. The molecule has 0 spiro atoms. The molecule has 0 radical (unpaired) electrons. The van der Waals surface area contributed by atoms with Gasteiger partial charge in [-0.25, -0.2) is 0 Å². The monoisotopic (exact) mass is 86.0 g/mol. The van der Waals surface area contributed by atoms with E-state index in [0.29, 0.717) is 0 Å². The molecule has 0 saturated carbocycles. The van der Waals surface area contributed by atoms with Crippen molar-refractivity contribution in [2.75, 3.05) is 0 Å². The highest BCUT2D eigenvalue weighted by Crippen LogP contribution is 1.67. The van der Waals surface area contributed by atoms with Crippen LogP contribution in [0.5, 0.6) is 0 Å². The fourth-order valence-corrected chi connectivity index (χ4v) is 0.0860. The zero-order valence-corrected chi connectivity index (χ0v) is 3.26. The highest BCUT2D eigenvalue weighted by molar-refractivity contribution is 5.73. The molecule has 3 nitrogen and oxygen atoms in total. The van der Waals surface area contributed by atoms with Gasteiger partial charge in [-0.15, -0.1) is 0 Å². The summed E-state index contributed by atoms with van der Waals surface area (Å²) in [5, 5.41) is 11.1. The molecule has 6 heavy (non-hydrogen) atoms. The normalized spacial score (nSPS) is 9.33. The lowest BCUT2D eigenvalue weighted by Crippen LogP contribution is -1.83. The molecule has 0 rings (SSSR count). The Balaban J connectivity index is 3.30. The van der Waals surface area contributed by atoms with Gasteiger partial charge >= 0.3 is 0 Å². The second-order valence-corrected chi connectivity index (χ2v) is 0.770. The van der Waals surface area contributed by atoms with Gasteiger partial charge in [0.05, 0.1) is 6.21 Å². The third-order valence-corrected chi connectivity index (χ3v) is 0.224. The first-order chi connectivity index (χ1) is 2.77. The largest absolute Gasteiger partial charge is 0.507 e. The first-order valence-electron chi connectivity index (χ1n) is 1.38. The van der Waals surface area contributed by atoms with Gasteiger partial charge in [-0.1, -0.05) is 6.58 Å². The van der Waals surface area contributed by atoms with Crippen molar-refractivity contribution in [1.82, 2.24) is 0 Å². The smallest absolute Gasteiger partial charge is 0.128 e. The van der Waals surface area contributed by atoms with E-state index in [9.17, 15) is 0 Å². The molecule has 0 heterocycles. The minimum Gasteiger partial charge on any atom is -0.507 e. The fourth-order valence-electron chi connectivity index (χ4n) is 0.0860. The number of aliphatic hydroxyl groups is 1. The maximum absolute atomic E-state index is 8.13. The van der Waals surface area contributed by atoms with Crippen LogP contribution in [-0.2, 0) is 0 Å². The molecule has 0 aromatic heterocycles. The van der Waals surface area contributed by atoms with Crippen LogP contribution in [-0.4, -0.2) is 11.3 Å². The van der Waals surface area contributed by atoms with Gasteiger partial charge in [0.15, 0.2) is 0 Å². The molecule has 3 N–H and O–H groups in total. The van der Waals surface area contributed by atoms with E-state index < -0.39 is 0 Å². The summed E-state index contributed by atoms with van der Waals surface area (Å²) >= 11 is 0. The van der Waals surface area contributed by atoms with Gasteiger partial charge in [-0.3, -0.25) is 0 Å². The highest BCUT2D eigenvalue weighted by atomic mass is 16.3. The number of aliphatic hydroxyl groups excluding tert-OH is 1. The lowest BCUT2D eigenvalue weighted by Gasteiger charge is -1.75. The van der Waals surface area contributed by atoms with E-state index in [2.05, 4.69) is 17.5 Å². The van der Waals surface area contributed by atoms with E-state index in [0.717, 1.165) is 6.21 Å². The first kappa shape index (κ1) is 5.01. The van der Waals surface area contributed by atoms with Crippen LogP contribution >= 0.6 is 0 Å². The highest BCUT2D eigenvalue weighted by Gasteiger charge is 1.69. The SMILES string of the molecule is C=C(O)/C=N/N. The molecule has 0 aromatic carbocycles. The second-order valence-electron chi connectivity index (χ2n) is 0.770. The van der Waals surface area contributed by atoms with Gasteiger partial charge in [0, 0.05) is 0 Å². The fraction of sp³-hybridized carbons (Fsp3) is 0. The van der Waals surface area contributed by atoms with Crippen molar-refractivity contribution in [1.29, 1.82) is 0 Å². The molecule has 0 aliphatic heterocycles. The van der Waals surface area contributed by atoms with E-state index >= 15 is 0 Å². The Hall–Kier alpha value is -0.990. The van der Waals surface area contributed by atoms with Crippen LogP contribution in [0.25, 0.3) is 0 Å². The van der Waals surface area contributed by atoms with Crippen LogP contribution in [0.4, 0.5) is 0 Å². The molecule has 34 valence electrons. The number of rotatable bonds is 1. The Labute approximate surface area is 35.8 Å². The van der Waals surface area contributed by atoms with Crippen LogP contribution in [0.15, 0.2) is 17.4 Å². The van der Waals surface area contributed by atoms with Crippen molar-refractivity contribution in [3.05, 3.63) is 12.3 Å². The maximum Gasteiger partial charge on any atom is 0.128 e. The summed E-state index contributed by atoms with van der Waals surface area (Å²) in [6.45, 7) is 3.07. The Kier molecular flexibility index (Phi) is 1.89. The number of nitrogens with two attached hydrogens (primary N) is 1. The molecule has 0 aliphatic carbocycles. The molecule has 0 unspecified atom stereocenters. The predicted molar refractivity (Wildman–Crippen MR) is 24.4 cm³/mol. The van der Waals surface area contributed by atoms with Crippen molar-refractivity contribution >= 4 is 6.21 Å². The molecule has 0 aromatic rings. The molecule has 3 heteroatoms. The third-order valence-electron chi connectivity index (χ3n) is 0.224. The molecule has 0 saturated heterocycles. The van der Waals surface area contributed by atoms with E-state index in [-0.39, 0.29) is 5.76 Å².